The number of carbonyl (C=O) groups is 2. The summed E-state index contributed by atoms with van der Waals surface area (Å²) in [6.45, 7) is 1.73. The SMILES string of the molecule is CC(NC(=O)CCCC(=O)c1cccs1)c1ccc(OC(F)(F)F)cc1. The predicted octanol–water partition coefficient (Wildman–Crippen LogP) is 4.88. The summed E-state index contributed by atoms with van der Waals surface area (Å²) in [5.41, 5.74) is 0.655. The molecule has 1 aromatic heterocycles. The summed E-state index contributed by atoms with van der Waals surface area (Å²) in [7, 11) is 0. The lowest BCUT2D eigenvalue weighted by molar-refractivity contribution is -0.274. The molecular weight excluding hydrogens is 367 g/mol. The second kappa shape index (κ2) is 8.84. The van der Waals surface area contributed by atoms with Crippen LogP contribution in [0.4, 0.5) is 13.2 Å². The molecule has 26 heavy (non-hydrogen) atoms. The third-order valence-electron chi connectivity index (χ3n) is 3.59. The van der Waals surface area contributed by atoms with Crippen LogP contribution in [0, 0.1) is 0 Å². The van der Waals surface area contributed by atoms with Crippen LogP contribution in [0.3, 0.4) is 0 Å². The summed E-state index contributed by atoms with van der Waals surface area (Å²) < 4.78 is 40.2. The number of Topliss-reactive ketones (excluding diaryl/α,β-unsaturated/α-hetero) is 1. The van der Waals surface area contributed by atoms with E-state index in [4.69, 9.17) is 0 Å². The van der Waals surface area contributed by atoms with Crippen molar-refractivity contribution in [3.8, 4) is 5.75 Å². The molecular formula is C18H18F3NO3S. The highest BCUT2D eigenvalue weighted by Gasteiger charge is 2.31. The van der Waals surface area contributed by atoms with Crippen molar-refractivity contribution in [2.75, 3.05) is 0 Å². The summed E-state index contributed by atoms with van der Waals surface area (Å²) in [5.74, 6) is -0.514. The van der Waals surface area contributed by atoms with Crippen LogP contribution in [0.15, 0.2) is 41.8 Å². The molecule has 1 unspecified atom stereocenters. The van der Waals surface area contributed by atoms with Crippen molar-refractivity contribution >= 4 is 23.0 Å². The van der Waals surface area contributed by atoms with E-state index in [9.17, 15) is 22.8 Å². The Labute approximate surface area is 153 Å². The Morgan fingerprint density at radius 2 is 1.85 bits per heavy atom. The van der Waals surface area contributed by atoms with Gasteiger partial charge in [0.05, 0.1) is 10.9 Å². The van der Waals surface area contributed by atoms with Crippen LogP contribution in [-0.2, 0) is 4.79 Å². The van der Waals surface area contributed by atoms with Gasteiger partial charge in [0, 0.05) is 12.8 Å². The number of ether oxygens (including phenoxy) is 1. The maximum absolute atomic E-state index is 12.1. The number of rotatable bonds is 8. The number of hydrogen-bond acceptors (Lipinski definition) is 4. The van der Waals surface area contributed by atoms with Crippen molar-refractivity contribution in [1.29, 1.82) is 0 Å². The van der Waals surface area contributed by atoms with E-state index in [2.05, 4.69) is 10.1 Å². The average Bonchev–Trinajstić information content (AvgIpc) is 3.08. The largest absolute Gasteiger partial charge is 0.573 e. The van der Waals surface area contributed by atoms with Crippen molar-refractivity contribution in [2.45, 2.75) is 38.6 Å². The Bertz CT molecular complexity index is 727. The first-order chi connectivity index (χ1) is 12.2. The topological polar surface area (TPSA) is 55.4 Å². The summed E-state index contributed by atoms with van der Waals surface area (Å²) >= 11 is 1.37. The molecule has 0 saturated carbocycles. The Hall–Kier alpha value is -2.35. The van der Waals surface area contributed by atoms with Crippen LogP contribution in [0.2, 0.25) is 0 Å². The minimum Gasteiger partial charge on any atom is -0.406 e. The number of nitrogens with one attached hydrogen (secondary N) is 1. The summed E-state index contributed by atoms with van der Waals surface area (Å²) in [4.78, 5) is 24.5. The molecule has 0 spiro atoms. The Morgan fingerprint density at radius 3 is 2.42 bits per heavy atom. The van der Waals surface area contributed by atoms with Gasteiger partial charge in [0.25, 0.3) is 0 Å². The maximum Gasteiger partial charge on any atom is 0.573 e. The van der Waals surface area contributed by atoms with E-state index in [1.54, 1.807) is 19.1 Å². The van der Waals surface area contributed by atoms with Crippen LogP contribution in [0.1, 0.15) is 47.5 Å². The monoisotopic (exact) mass is 385 g/mol. The highest BCUT2D eigenvalue weighted by atomic mass is 32.1. The van der Waals surface area contributed by atoms with E-state index in [-0.39, 0.29) is 29.9 Å². The van der Waals surface area contributed by atoms with Gasteiger partial charge >= 0.3 is 6.36 Å². The molecule has 2 rings (SSSR count). The predicted molar refractivity (Wildman–Crippen MR) is 92.2 cm³/mol. The number of carbonyl (C=O) groups excluding carboxylic acids is 2. The highest BCUT2D eigenvalue weighted by molar-refractivity contribution is 7.12. The first-order valence-corrected chi connectivity index (χ1v) is 8.84. The number of ketones is 1. The smallest absolute Gasteiger partial charge is 0.406 e. The summed E-state index contributed by atoms with van der Waals surface area (Å²) in [5, 5.41) is 4.59. The fourth-order valence-corrected chi connectivity index (χ4v) is 3.02. The third-order valence-corrected chi connectivity index (χ3v) is 4.51. The van der Waals surface area contributed by atoms with Gasteiger partial charge in [-0.05, 0) is 42.5 Å². The van der Waals surface area contributed by atoms with Gasteiger partial charge in [-0.2, -0.15) is 0 Å². The first kappa shape index (κ1) is 20.0. The van der Waals surface area contributed by atoms with Crippen LogP contribution in [0.5, 0.6) is 5.75 Å². The van der Waals surface area contributed by atoms with E-state index in [0.717, 1.165) is 0 Å². The van der Waals surface area contributed by atoms with E-state index in [0.29, 0.717) is 23.3 Å². The number of halogens is 3. The van der Waals surface area contributed by atoms with E-state index in [1.807, 2.05) is 5.38 Å². The van der Waals surface area contributed by atoms with Crippen LogP contribution in [0.25, 0.3) is 0 Å². The Kier molecular flexibility index (Phi) is 6.79. The number of hydrogen-bond donors (Lipinski definition) is 1. The lowest BCUT2D eigenvalue weighted by atomic mass is 10.1. The average molecular weight is 385 g/mol. The van der Waals surface area contributed by atoms with Crippen molar-refractivity contribution in [3.05, 3.63) is 52.2 Å². The quantitative estimate of drug-likeness (QED) is 0.659. The normalized spacial score (nSPS) is 12.5. The fraction of sp³-hybridized carbons (Fsp3) is 0.333. The van der Waals surface area contributed by atoms with Crippen molar-refractivity contribution in [3.63, 3.8) is 0 Å². The number of alkyl halides is 3. The zero-order valence-corrected chi connectivity index (χ0v) is 14.8. The molecule has 1 N–H and O–H groups in total. The molecule has 0 aliphatic rings. The molecule has 0 aliphatic carbocycles. The van der Waals surface area contributed by atoms with Gasteiger partial charge in [0.2, 0.25) is 5.91 Å². The molecule has 0 aliphatic heterocycles. The number of benzene rings is 1. The van der Waals surface area contributed by atoms with Crippen LogP contribution < -0.4 is 10.1 Å². The number of amides is 1. The van der Waals surface area contributed by atoms with E-state index in [1.165, 1.54) is 35.6 Å². The van der Waals surface area contributed by atoms with Crippen molar-refractivity contribution in [1.82, 2.24) is 5.32 Å². The minimum atomic E-state index is -4.73. The molecule has 0 fully saturated rings. The molecule has 1 aromatic carbocycles. The standard InChI is InChI=1S/C18H18F3NO3S/c1-12(13-7-9-14(10-8-13)25-18(19,20)21)22-17(24)6-2-4-15(23)16-5-3-11-26-16/h3,5,7-12H,2,4,6H2,1H3,(H,22,24). The number of thiophene rings is 1. The fourth-order valence-electron chi connectivity index (χ4n) is 2.33. The Balaban J connectivity index is 1.76. The third kappa shape index (κ3) is 6.51. The molecule has 0 bridgehead atoms. The Morgan fingerprint density at radius 1 is 1.15 bits per heavy atom. The lowest BCUT2D eigenvalue weighted by Gasteiger charge is -2.15. The molecule has 1 heterocycles. The van der Waals surface area contributed by atoms with Gasteiger partial charge in [-0.1, -0.05) is 18.2 Å². The first-order valence-electron chi connectivity index (χ1n) is 7.96. The maximum atomic E-state index is 12.1. The van der Waals surface area contributed by atoms with Gasteiger partial charge in [0.1, 0.15) is 5.75 Å². The molecule has 4 nitrogen and oxygen atoms in total. The molecule has 1 amide bonds. The van der Waals surface area contributed by atoms with E-state index < -0.39 is 6.36 Å². The van der Waals surface area contributed by atoms with Crippen LogP contribution in [-0.4, -0.2) is 18.1 Å². The molecule has 2 aromatic rings. The van der Waals surface area contributed by atoms with Crippen molar-refractivity contribution in [2.24, 2.45) is 0 Å². The van der Waals surface area contributed by atoms with Gasteiger partial charge < -0.3 is 10.1 Å². The van der Waals surface area contributed by atoms with Gasteiger partial charge in [-0.25, -0.2) is 0 Å². The molecule has 0 saturated heterocycles. The van der Waals surface area contributed by atoms with Crippen molar-refractivity contribution < 1.29 is 27.5 Å². The van der Waals surface area contributed by atoms with Gasteiger partial charge in [-0.15, -0.1) is 24.5 Å². The molecule has 0 radical (unpaired) electrons. The lowest BCUT2D eigenvalue weighted by Crippen LogP contribution is -2.26. The summed E-state index contributed by atoms with van der Waals surface area (Å²) in [6.07, 6.45) is -3.79. The second-order valence-electron chi connectivity index (χ2n) is 5.66. The summed E-state index contributed by atoms with van der Waals surface area (Å²) in [6, 6.07) is 8.52. The van der Waals surface area contributed by atoms with E-state index >= 15 is 0 Å². The zero-order chi connectivity index (χ0) is 19.2. The zero-order valence-electron chi connectivity index (χ0n) is 14.0. The van der Waals surface area contributed by atoms with Gasteiger partial charge in [0.15, 0.2) is 5.78 Å². The molecule has 140 valence electrons. The minimum absolute atomic E-state index is 0.0149. The van der Waals surface area contributed by atoms with Gasteiger partial charge in [-0.3, -0.25) is 9.59 Å². The van der Waals surface area contributed by atoms with Crippen LogP contribution >= 0.6 is 11.3 Å². The molecule has 1 atom stereocenters. The highest BCUT2D eigenvalue weighted by Crippen LogP contribution is 2.24. The molecule has 8 heteroatoms. The second-order valence-corrected chi connectivity index (χ2v) is 6.61.